The van der Waals surface area contributed by atoms with Crippen molar-refractivity contribution in [3.05, 3.63) is 29.8 Å². The van der Waals surface area contributed by atoms with Crippen LogP contribution in [0.4, 0.5) is 8.78 Å². The number of esters is 1. The summed E-state index contributed by atoms with van der Waals surface area (Å²) < 4.78 is 32.0. The predicted molar refractivity (Wildman–Crippen MR) is 105 cm³/mol. The van der Waals surface area contributed by atoms with Gasteiger partial charge in [-0.1, -0.05) is 32.6 Å². The molecule has 0 spiro atoms. The monoisotopic (exact) mass is 390 g/mol. The lowest BCUT2D eigenvalue weighted by Crippen LogP contribution is -2.40. The fraction of sp³-hybridized carbons (Fsp3) is 0.708. The first-order valence-corrected chi connectivity index (χ1v) is 11.2. The van der Waals surface area contributed by atoms with Crippen molar-refractivity contribution in [2.45, 2.75) is 71.1 Å². The molecule has 0 aromatic heterocycles. The maximum atomic E-state index is 13.4. The minimum atomic E-state index is -0.978. The zero-order valence-corrected chi connectivity index (χ0v) is 16.8. The Morgan fingerprint density at radius 3 is 2.39 bits per heavy atom. The Morgan fingerprint density at radius 2 is 1.64 bits per heavy atom. The highest BCUT2D eigenvalue weighted by atomic mass is 19.2. The second kappa shape index (κ2) is 8.51. The molecule has 4 rings (SSSR count). The molecular formula is C24H32F2O2. The van der Waals surface area contributed by atoms with Gasteiger partial charge in [0.2, 0.25) is 0 Å². The van der Waals surface area contributed by atoms with Gasteiger partial charge in [0.25, 0.3) is 0 Å². The number of halogens is 2. The van der Waals surface area contributed by atoms with Gasteiger partial charge >= 0.3 is 5.97 Å². The topological polar surface area (TPSA) is 26.3 Å². The highest BCUT2D eigenvalue weighted by Crippen LogP contribution is 2.50. The highest BCUT2D eigenvalue weighted by Gasteiger charge is 2.43. The molecule has 0 heterocycles. The number of hydrogen-bond acceptors (Lipinski definition) is 2. The minimum absolute atomic E-state index is 0.0980. The number of carbonyl (C=O) groups is 1. The van der Waals surface area contributed by atoms with Gasteiger partial charge in [-0.3, -0.25) is 4.79 Å². The maximum Gasteiger partial charge on any atom is 0.314 e. The molecule has 4 atom stereocenters. The van der Waals surface area contributed by atoms with Crippen LogP contribution in [0.5, 0.6) is 5.75 Å². The quantitative estimate of drug-likeness (QED) is 0.433. The van der Waals surface area contributed by atoms with E-state index in [1.807, 2.05) is 0 Å². The van der Waals surface area contributed by atoms with Crippen LogP contribution in [-0.2, 0) is 4.79 Å². The molecule has 0 N–H and O–H groups in total. The fourth-order valence-corrected chi connectivity index (χ4v) is 6.21. The van der Waals surface area contributed by atoms with Crippen molar-refractivity contribution >= 4 is 5.97 Å². The summed E-state index contributed by atoms with van der Waals surface area (Å²) in [5.74, 6) is 1.46. The Morgan fingerprint density at radius 1 is 0.893 bits per heavy atom. The van der Waals surface area contributed by atoms with Crippen LogP contribution in [-0.4, -0.2) is 5.97 Å². The molecule has 4 unspecified atom stereocenters. The first kappa shape index (κ1) is 19.8. The number of rotatable bonds is 3. The van der Waals surface area contributed by atoms with Crippen molar-refractivity contribution in [2.24, 2.45) is 35.5 Å². The van der Waals surface area contributed by atoms with Crippen molar-refractivity contribution < 1.29 is 18.3 Å². The zero-order chi connectivity index (χ0) is 19.7. The lowest BCUT2D eigenvalue weighted by atomic mass is 9.59. The van der Waals surface area contributed by atoms with E-state index in [2.05, 4.69) is 6.92 Å². The van der Waals surface area contributed by atoms with Crippen LogP contribution in [0, 0.1) is 47.1 Å². The van der Waals surface area contributed by atoms with E-state index in [-0.39, 0.29) is 17.6 Å². The van der Waals surface area contributed by atoms with E-state index >= 15 is 0 Å². The maximum absolute atomic E-state index is 13.4. The van der Waals surface area contributed by atoms with Crippen LogP contribution in [0.1, 0.15) is 71.1 Å². The lowest BCUT2D eigenvalue weighted by Gasteiger charge is -2.45. The van der Waals surface area contributed by atoms with Gasteiger partial charge in [-0.2, -0.15) is 0 Å². The molecule has 1 aromatic rings. The summed E-state index contributed by atoms with van der Waals surface area (Å²) in [7, 11) is 0. The summed E-state index contributed by atoms with van der Waals surface area (Å²) in [6.07, 6.45) is 12.3. The Hall–Kier alpha value is -1.45. The van der Waals surface area contributed by atoms with Gasteiger partial charge in [0.05, 0.1) is 5.92 Å². The second-order valence-electron chi connectivity index (χ2n) is 9.55. The third-order valence-electron chi connectivity index (χ3n) is 7.83. The van der Waals surface area contributed by atoms with Crippen LogP contribution >= 0.6 is 0 Å². The molecule has 3 aliphatic rings. The molecule has 0 bridgehead atoms. The molecule has 0 radical (unpaired) electrons. The smallest absolute Gasteiger partial charge is 0.314 e. The van der Waals surface area contributed by atoms with Gasteiger partial charge in [-0.05, 0) is 80.2 Å². The molecule has 0 saturated heterocycles. The van der Waals surface area contributed by atoms with Gasteiger partial charge in [0, 0.05) is 6.07 Å². The zero-order valence-electron chi connectivity index (χ0n) is 16.8. The van der Waals surface area contributed by atoms with Crippen molar-refractivity contribution in [3.63, 3.8) is 0 Å². The van der Waals surface area contributed by atoms with Crippen LogP contribution in [0.2, 0.25) is 0 Å². The largest absolute Gasteiger partial charge is 0.426 e. The van der Waals surface area contributed by atoms with Crippen molar-refractivity contribution in [2.75, 3.05) is 0 Å². The van der Waals surface area contributed by atoms with Crippen LogP contribution in [0.3, 0.4) is 0 Å². The molecular weight excluding hydrogens is 358 g/mol. The van der Waals surface area contributed by atoms with Gasteiger partial charge < -0.3 is 4.74 Å². The van der Waals surface area contributed by atoms with E-state index in [1.165, 1.54) is 51.0 Å². The lowest BCUT2D eigenvalue weighted by molar-refractivity contribution is -0.144. The third kappa shape index (κ3) is 4.26. The Labute approximate surface area is 167 Å². The highest BCUT2D eigenvalue weighted by molar-refractivity contribution is 5.75. The molecule has 0 aliphatic heterocycles. The van der Waals surface area contributed by atoms with Gasteiger partial charge in [0.15, 0.2) is 11.6 Å². The van der Waals surface area contributed by atoms with E-state index in [0.29, 0.717) is 11.8 Å². The van der Waals surface area contributed by atoms with Crippen molar-refractivity contribution in [1.82, 2.24) is 0 Å². The molecule has 0 amide bonds. The summed E-state index contributed by atoms with van der Waals surface area (Å²) in [6, 6.07) is 3.31. The molecule has 1 aromatic carbocycles. The van der Waals surface area contributed by atoms with Crippen LogP contribution in [0.15, 0.2) is 18.2 Å². The minimum Gasteiger partial charge on any atom is -0.426 e. The molecule has 3 saturated carbocycles. The Balaban J connectivity index is 1.37. The summed E-state index contributed by atoms with van der Waals surface area (Å²) in [4.78, 5) is 12.8. The van der Waals surface area contributed by atoms with Gasteiger partial charge in [-0.15, -0.1) is 0 Å². The standard InChI is InChI=1S/C24H32F2O2/c1-15-5-7-16(8-6-15)17-9-11-20-18(13-17)3-2-4-21(20)24(27)28-19-10-12-22(25)23(26)14-19/h10,12,14-18,20-21H,2-9,11,13H2,1H3. The molecule has 3 fully saturated rings. The Bertz CT molecular complexity index is 696. The summed E-state index contributed by atoms with van der Waals surface area (Å²) in [6.45, 7) is 2.37. The van der Waals surface area contributed by atoms with Crippen molar-refractivity contribution in [1.29, 1.82) is 0 Å². The van der Waals surface area contributed by atoms with E-state index < -0.39 is 11.6 Å². The van der Waals surface area contributed by atoms with E-state index in [0.717, 1.165) is 49.1 Å². The normalized spacial score (nSPS) is 35.8. The predicted octanol–water partition coefficient (Wildman–Crippen LogP) is 6.53. The second-order valence-corrected chi connectivity index (χ2v) is 9.55. The average molecular weight is 391 g/mol. The molecule has 4 heteroatoms. The fourth-order valence-electron chi connectivity index (χ4n) is 6.21. The molecule has 154 valence electrons. The van der Waals surface area contributed by atoms with Gasteiger partial charge in [-0.25, -0.2) is 8.78 Å². The SMILES string of the molecule is CC1CCC(C2CCC3C(CCCC3C(=O)Oc3ccc(F)c(F)c3)C2)CC1. The number of carbonyl (C=O) groups excluding carboxylic acids is 1. The van der Waals surface area contributed by atoms with Crippen LogP contribution < -0.4 is 4.74 Å². The number of hydrogen-bond donors (Lipinski definition) is 0. The molecule has 3 aliphatic carbocycles. The Kier molecular flexibility index (Phi) is 6.03. The van der Waals surface area contributed by atoms with Crippen molar-refractivity contribution in [3.8, 4) is 5.75 Å². The number of ether oxygens (including phenoxy) is 1. The molecule has 2 nitrogen and oxygen atoms in total. The summed E-state index contributed by atoms with van der Waals surface area (Å²) in [5, 5.41) is 0. The van der Waals surface area contributed by atoms with Crippen LogP contribution in [0.25, 0.3) is 0 Å². The molecule has 28 heavy (non-hydrogen) atoms. The first-order chi connectivity index (χ1) is 13.5. The third-order valence-corrected chi connectivity index (χ3v) is 7.83. The number of benzene rings is 1. The summed E-state index contributed by atoms with van der Waals surface area (Å²) >= 11 is 0. The first-order valence-electron chi connectivity index (χ1n) is 11.2. The van der Waals surface area contributed by atoms with E-state index in [9.17, 15) is 13.6 Å². The van der Waals surface area contributed by atoms with E-state index in [1.54, 1.807) is 0 Å². The number of fused-ring (bicyclic) bond motifs is 1. The average Bonchev–Trinajstić information content (AvgIpc) is 2.70. The van der Waals surface area contributed by atoms with E-state index in [4.69, 9.17) is 4.74 Å². The van der Waals surface area contributed by atoms with Gasteiger partial charge in [0.1, 0.15) is 5.75 Å². The summed E-state index contributed by atoms with van der Waals surface area (Å²) in [5.41, 5.74) is 0.